The van der Waals surface area contributed by atoms with Gasteiger partial charge >= 0.3 is 11.9 Å². The van der Waals surface area contributed by atoms with Crippen LogP contribution >= 0.6 is 11.8 Å². The van der Waals surface area contributed by atoms with E-state index in [0.717, 1.165) is 0 Å². The van der Waals surface area contributed by atoms with Crippen LogP contribution in [0.1, 0.15) is 31.1 Å². The van der Waals surface area contributed by atoms with E-state index in [-0.39, 0.29) is 24.0 Å². The molecule has 0 amide bonds. The van der Waals surface area contributed by atoms with Crippen LogP contribution in [0.2, 0.25) is 0 Å². The van der Waals surface area contributed by atoms with Gasteiger partial charge in [-0.05, 0) is 32.9 Å². The molecule has 0 radical (unpaired) electrons. The van der Waals surface area contributed by atoms with Crippen LogP contribution < -0.4 is 0 Å². The number of carbonyl (C=O) groups is 2. The van der Waals surface area contributed by atoms with E-state index in [1.54, 1.807) is 45.0 Å². The predicted octanol–water partition coefficient (Wildman–Crippen LogP) is 2.85. The molecule has 1 saturated heterocycles. The molecule has 0 saturated carbocycles. The quantitative estimate of drug-likeness (QED) is 0.794. The maximum absolute atomic E-state index is 11.8. The first kappa shape index (κ1) is 16.8. The van der Waals surface area contributed by atoms with Crippen LogP contribution in [-0.2, 0) is 19.0 Å². The number of carbonyl (C=O) groups excluding carboxylic acids is 2. The molecule has 1 aliphatic heterocycles. The minimum Gasteiger partial charge on any atom is -0.458 e. The van der Waals surface area contributed by atoms with Gasteiger partial charge in [0.25, 0.3) is 0 Å². The Morgan fingerprint density at radius 1 is 1.27 bits per heavy atom. The third-order valence-corrected chi connectivity index (χ3v) is 4.02. The number of benzene rings is 1. The Morgan fingerprint density at radius 2 is 1.95 bits per heavy atom. The van der Waals surface area contributed by atoms with Gasteiger partial charge in [-0.15, -0.1) is 11.8 Å². The van der Waals surface area contributed by atoms with Gasteiger partial charge in [-0.2, -0.15) is 0 Å². The molecule has 0 N–H and O–H groups in total. The van der Waals surface area contributed by atoms with Crippen molar-refractivity contribution in [3.63, 3.8) is 0 Å². The molecule has 2 rings (SSSR count). The highest BCUT2D eigenvalue weighted by atomic mass is 32.2. The molecule has 0 aromatic heterocycles. The third kappa shape index (κ3) is 4.74. The molecule has 2 atom stereocenters. The van der Waals surface area contributed by atoms with E-state index in [1.165, 1.54) is 11.8 Å². The fraction of sp³-hybridized carbons (Fsp3) is 0.500. The summed E-state index contributed by atoms with van der Waals surface area (Å²) in [7, 11) is 0. The van der Waals surface area contributed by atoms with Crippen molar-refractivity contribution in [1.82, 2.24) is 0 Å². The van der Waals surface area contributed by atoms with E-state index in [9.17, 15) is 9.59 Å². The summed E-state index contributed by atoms with van der Waals surface area (Å²) < 4.78 is 16.0. The number of ether oxygens (including phenoxy) is 3. The maximum atomic E-state index is 11.8. The standard InChI is InChI=1S/C16H20O5S/c1-16(2,3)15(18)21-12-10-22-13(20-12)9-19-14(17)11-7-5-4-6-8-11/h4-8,12-13H,9-10H2,1-3H3/t12-,13-/m0/s1. The molecule has 22 heavy (non-hydrogen) atoms. The molecule has 5 nitrogen and oxygen atoms in total. The number of thioether (sulfide) groups is 1. The summed E-state index contributed by atoms with van der Waals surface area (Å²) in [5.41, 5.74) is -0.377. The predicted molar refractivity (Wildman–Crippen MR) is 83.4 cm³/mol. The van der Waals surface area contributed by atoms with Gasteiger partial charge in [-0.1, -0.05) is 18.2 Å². The first-order chi connectivity index (χ1) is 10.4. The zero-order valence-electron chi connectivity index (χ0n) is 12.9. The Balaban J connectivity index is 1.75. The highest BCUT2D eigenvalue weighted by molar-refractivity contribution is 8.00. The second-order valence-electron chi connectivity index (χ2n) is 5.95. The molecule has 0 unspecified atom stereocenters. The second kappa shape index (κ2) is 7.15. The highest BCUT2D eigenvalue weighted by Crippen LogP contribution is 2.28. The minimum atomic E-state index is -0.586. The first-order valence-corrected chi connectivity index (χ1v) is 8.11. The topological polar surface area (TPSA) is 61.8 Å². The van der Waals surface area contributed by atoms with Gasteiger partial charge in [0, 0.05) is 0 Å². The molecule has 1 aromatic rings. The average molecular weight is 324 g/mol. The van der Waals surface area contributed by atoms with Crippen LogP contribution in [0, 0.1) is 5.41 Å². The van der Waals surface area contributed by atoms with Gasteiger partial charge in [0.2, 0.25) is 6.29 Å². The van der Waals surface area contributed by atoms with E-state index < -0.39 is 11.7 Å². The van der Waals surface area contributed by atoms with Crippen molar-refractivity contribution in [3.05, 3.63) is 35.9 Å². The highest BCUT2D eigenvalue weighted by Gasteiger charge is 2.33. The molecule has 1 heterocycles. The first-order valence-electron chi connectivity index (χ1n) is 7.06. The van der Waals surface area contributed by atoms with Gasteiger partial charge in [-0.3, -0.25) is 4.79 Å². The lowest BCUT2D eigenvalue weighted by molar-refractivity contribution is -0.183. The molecule has 1 fully saturated rings. The van der Waals surface area contributed by atoms with Crippen molar-refractivity contribution in [1.29, 1.82) is 0 Å². The Bertz CT molecular complexity index is 523. The molecule has 1 aromatic carbocycles. The Kier molecular flexibility index (Phi) is 5.47. The zero-order chi connectivity index (χ0) is 16.2. The molecule has 0 spiro atoms. The van der Waals surface area contributed by atoms with E-state index in [0.29, 0.717) is 11.3 Å². The fourth-order valence-electron chi connectivity index (χ4n) is 1.68. The lowest BCUT2D eigenvalue weighted by atomic mass is 9.97. The SMILES string of the molecule is CC(C)(C)C(=O)O[C@H]1CS[C@@H](COC(=O)c2ccccc2)O1. The van der Waals surface area contributed by atoms with Crippen molar-refractivity contribution in [3.8, 4) is 0 Å². The van der Waals surface area contributed by atoms with Gasteiger partial charge in [0.1, 0.15) is 12.0 Å². The second-order valence-corrected chi connectivity index (χ2v) is 7.14. The lowest BCUT2D eigenvalue weighted by Gasteiger charge is -2.20. The molecular weight excluding hydrogens is 304 g/mol. The van der Waals surface area contributed by atoms with Crippen molar-refractivity contribution in [2.24, 2.45) is 5.41 Å². The van der Waals surface area contributed by atoms with Crippen molar-refractivity contribution < 1.29 is 23.8 Å². The normalized spacial score (nSPS) is 21.4. The molecular formula is C16H20O5S. The minimum absolute atomic E-state index is 0.127. The molecule has 1 aliphatic rings. The van der Waals surface area contributed by atoms with Crippen LogP contribution in [0.3, 0.4) is 0 Å². The van der Waals surface area contributed by atoms with E-state index >= 15 is 0 Å². The smallest absolute Gasteiger partial charge is 0.338 e. The lowest BCUT2D eigenvalue weighted by Crippen LogP contribution is -2.30. The van der Waals surface area contributed by atoms with Crippen molar-refractivity contribution in [2.75, 3.05) is 12.4 Å². The van der Waals surface area contributed by atoms with Crippen LogP contribution in [-0.4, -0.2) is 36.0 Å². The summed E-state index contributed by atoms with van der Waals surface area (Å²) in [4.78, 5) is 23.6. The van der Waals surface area contributed by atoms with E-state index in [1.807, 2.05) is 6.07 Å². The maximum Gasteiger partial charge on any atom is 0.338 e. The van der Waals surface area contributed by atoms with Crippen LogP contribution in [0.4, 0.5) is 0 Å². The summed E-state index contributed by atoms with van der Waals surface area (Å²) in [6, 6.07) is 8.78. The number of hydrogen-bond acceptors (Lipinski definition) is 6. The molecule has 0 bridgehead atoms. The monoisotopic (exact) mass is 324 g/mol. The van der Waals surface area contributed by atoms with Gasteiger partial charge in [0.05, 0.1) is 16.7 Å². The summed E-state index contributed by atoms with van der Waals surface area (Å²) in [5.74, 6) is -0.157. The van der Waals surface area contributed by atoms with Crippen LogP contribution in [0.25, 0.3) is 0 Å². The summed E-state index contributed by atoms with van der Waals surface area (Å²) in [6.45, 7) is 5.49. The van der Waals surface area contributed by atoms with Crippen molar-refractivity contribution in [2.45, 2.75) is 32.5 Å². The zero-order valence-corrected chi connectivity index (χ0v) is 13.7. The molecule has 120 valence electrons. The number of hydrogen-bond donors (Lipinski definition) is 0. The van der Waals surface area contributed by atoms with E-state index in [2.05, 4.69) is 0 Å². The summed E-state index contributed by atoms with van der Waals surface area (Å²) in [6.07, 6.45) is -0.586. The van der Waals surface area contributed by atoms with Crippen LogP contribution in [0.5, 0.6) is 0 Å². The fourth-order valence-corrected chi connectivity index (χ4v) is 2.57. The number of esters is 2. The molecule has 6 heteroatoms. The van der Waals surface area contributed by atoms with E-state index in [4.69, 9.17) is 14.2 Å². The third-order valence-electron chi connectivity index (χ3n) is 2.93. The summed E-state index contributed by atoms with van der Waals surface area (Å²) in [5, 5.41) is 0. The van der Waals surface area contributed by atoms with Crippen molar-refractivity contribution >= 4 is 23.7 Å². The largest absolute Gasteiger partial charge is 0.458 e. The summed E-state index contributed by atoms with van der Waals surface area (Å²) >= 11 is 1.46. The average Bonchev–Trinajstić information content (AvgIpc) is 2.92. The Hall–Kier alpha value is -1.53. The van der Waals surface area contributed by atoms with Gasteiger partial charge in [-0.25, -0.2) is 4.79 Å². The van der Waals surface area contributed by atoms with Gasteiger partial charge in [0.15, 0.2) is 0 Å². The van der Waals surface area contributed by atoms with Gasteiger partial charge < -0.3 is 14.2 Å². The van der Waals surface area contributed by atoms with Crippen LogP contribution in [0.15, 0.2) is 30.3 Å². The Morgan fingerprint density at radius 3 is 2.59 bits per heavy atom. The number of rotatable bonds is 4. The molecule has 0 aliphatic carbocycles. The Labute approximate surface area is 134 Å².